The molecule has 2 atom stereocenters. The quantitative estimate of drug-likeness (QED) is 0.214. The maximum absolute atomic E-state index is 6.56. The summed E-state index contributed by atoms with van der Waals surface area (Å²) in [6.07, 6.45) is 11.3. The standard InChI is InChI=1S/C32H36O2S2Si2/c1-37(2,3)33-27-11-7-9-21-13-15-23(17-25(21)27)29-19-31-32(35-29)20-30(36-31)24-16-14-22-10-8-12-28(26(22)18-24)34-38(4,5)6/h7-10,13-20,27-28H,11-12H2,1-6H3. The molecule has 2 aromatic heterocycles. The Labute approximate surface area is 236 Å². The van der Waals surface area contributed by atoms with E-state index in [1.165, 1.54) is 52.5 Å². The van der Waals surface area contributed by atoms with E-state index < -0.39 is 16.6 Å². The number of rotatable bonds is 6. The third-order valence-corrected chi connectivity index (χ3v) is 11.3. The van der Waals surface area contributed by atoms with E-state index in [1.54, 1.807) is 0 Å². The van der Waals surface area contributed by atoms with E-state index in [-0.39, 0.29) is 12.2 Å². The van der Waals surface area contributed by atoms with Crippen molar-refractivity contribution in [2.45, 2.75) is 64.3 Å². The van der Waals surface area contributed by atoms with Crippen LogP contribution in [0.2, 0.25) is 39.3 Å². The van der Waals surface area contributed by atoms with E-state index >= 15 is 0 Å². The summed E-state index contributed by atoms with van der Waals surface area (Å²) in [5.41, 5.74) is 7.85. The topological polar surface area (TPSA) is 18.5 Å². The minimum Gasteiger partial charge on any atom is -0.410 e. The Kier molecular flexibility index (Phi) is 6.78. The molecule has 2 aliphatic rings. The molecule has 4 aromatic rings. The lowest BCUT2D eigenvalue weighted by atomic mass is 9.93. The number of fused-ring (bicyclic) bond motifs is 3. The lowest BCUT2D eigenvalue weighted by molar-refractivity contribution is 0.200. The number of benzene rings is 2. The first kappa shape index (κ1) is 26.2. The van der Waals surface area contributed by atoms with Gasteiger partial charge in [-0.3, -0.25) is 0 Å². The highest BCUT2D eigenvalue weighted by Crippen LogP contribution is 2.44. The second-order valence-corrected chi connectivity index (χ2v) is 23.4. The summed E-state index contributed by atoms with van der Waals surface area (Å²) < 4.78 is 15.8. The van der Waals surface area contributed by atoms with Crippen LogP contribution in [-0.4, -0.2) is 16.6 Å². The zero-order valence-electron chi connectivity index (χ0n) is 23.1. The largest absolute Gasteiger partial charge is 0.410 e. The SMILES string of the molecule is C[Si](C)(C)OC1CC=Cc2ccc(-c3cc4sc(-c5ccc6c(c5)C(O[Si](C)(C)C)CC=C6)cc4s3)cc21. The summed E-state index contributed by atoms with van der Waals surface area (Å²) in [5.74, 6) is 0. The minimum absolute atomic E-state index is 0.168. The lowest BCUT2D eigenvalue weighted by Gasteiger charge is -2.29. The summed E-state index contributed by atoms with van der Waals surface area (Å²) in [7, 11) is -3.26. The van der Waals surface area contributed by atoms with E-state index in [0.29, 0.717) is 0 Å². The Morgan fingerprint density at radius 2 is 1.03 bits per heavy atom. The summed E-state index contributed by atoms with van der Waals surface area (Å²) in [4.78, 5) is 2.67. The predicted molar refractivity (Wildman–Crippen MR) is 172 cm³/mol. The van der Waals surface area contributed by atoms with E-state index in [9.17, 15) is 0 Å². The van der Waals surface area contributed by atoms with Gasteiger partial charge in [0.25, 0.3) is 0 Å². The van der Waals surface area contributed by atoms with Crippen LogP contribution in [0.25, 0.3) is 42.4 Å². The van der Waals surface area contributed by atoms with Gasteiger partial charge in [0.1, 0.15) is 0 Å². The fourth-order valence-corrected chi connectivity index (χ4v) is 9.95. The second kappa shape index (κ2) is 9.84. The van der Waals surface area contributed by atoms with Crippen molar-refractivity contribution in [3.05, 3.63) is 82.9 Å². The molecule has 0 saturated carbocycles. The number of hydrogen-bond donors (Lipinski definition) is 0. The third kappa shape index (κ3) is 5.48. The van der Waals surface area contributed by atoms with Crippen LogP contribution in [0, 0.1) is 0 Å². The molecule has 0 spiro atoms. The van der Waals surface area contributed by atoms with Gasteiger partial charge in [-0.25, -0.2) is 0 Å². The summed E-state index contributed by atoms with van der Waals surface area (Å²) in [6, 6.07) is 18.6. The van der Waals surface area contributed by atoms with E-state index in [2.05, 4.69) is 112 Å². The van der Waals surface area contributed by atoms with E-state index in [0.717, 1.165) is 12.8 Å². The number of thiophene rings is 2. The van der Waals surface area contributed by atoms with Crippen LogP contribution >= 0.6 is 22.7 Å². The number of hydrogen-bond acceptors (Lipinski definition) is 4. The molecule has 2 aliphatic carbocycles. The van der Waals surface area contributed by atoms with Crippen molar-refractivity contribution in [3.8, 4) is 20.9 Å². The first-order valence-electron chi connectivity index (χ1n) is 13.5. The molecule has 0 amide bonds. The summed E-state index contributed by atoms with van der Waals surface area (Å²) >= 11 is 3.80. The molecule has 0 fully saturated rings. The predicted octanol–water partition coefficient (Wildman–Crippen LogP) is 10.9. The van der Waals surface area contributed by atoms with Gasteiger partial charge in [0, 0.05) is 19.2 Å². The van der Waals surface area contributed by atoms with Crippen molar-refractivity contribution in [1.82, 2.24) is 0 Å². The molecule has 38 heavy (non-hydrogen) atoms. The van der Waals surface area contributed by atoms with Crippen LogP contribution < -0.4 is 0 Å². The molecular weight excluding hydrogens is 537 g/mol. The Hall–Kier alpha value is -2.07. The molecule has 196 valence electrons. The van der Waals surface area contributed by atoms with Gasteiger partial charge in [-0.05, 0) is 110 Å². The Bertz CT molecular complexity index is 1420. The van der Waals surface area contributed by atoms with E-state index in [1.807, 2.05) is 22.7 Å². The van der Waals surface area contributed by atoms with Gasteiger partial charge < -0.3 is 8.85 Å². The highest BCUT2D eigenvalue weighted by Gasteiger charge is 2.27. The van der Waals surface area contributed by atoms with Gasteiger partial charge in [0.2, 0.25) is 0 Å². The first-order valence-corrected chi connectivity index (χ1v) is 22.0. The minimum atomic E-state index is -1.63. The molecule has 0 bridgehead atoms. The molecule has 6 rings (SSSR count). The Balaban J connectivity index is 1.30. The van der Waals surface area contributed by atoms with Crippen molar-refractivity contribution in [2.75, 3.05) is 0 Å². The van der Waals surface area contributed by atoms with Gasteiger partial charge in [0.05, 0.1) is 12.2 Å². The Morgan fingerprint density at radius 3 is 1.42 bits per heavy atom. The van der Waals surface area contributed by atoms with Crippen LogP contribution in [-0.2, 0) is 8.85 Å². The average molecular weight is 573 g/mol. The van der Waals surface area contributed by atoms with Crippen molar-refractivity contribution >= 4 is 60.9 Å². The summed E-state index contributed by atoms with van der Waals surface area (Å²) in [6.45, 7) is 13.7. The zero-order valence-corrected chi connectivity index (χ0v) is 26.8. The van der Waals surface area contributed by atoms with Crippen molar-refractivity contribution in [2.24, 2.45) is 0 Å². The van der Waals surface area contributed by atoms with Crippen molar-refractivity contribution in [1.29, 1.82) is 0 Å². The van der Waals surface area contributed by atoms with Gasteiger partial charge in [-0.1, -0.05) is 48.6 Å². The molecule has 0 radical (unpaired) electrons. The maximum atomic E-state index is 6.56. The first-order chi connectivity index (χ1) is 18.0. The zero-order chi connectivity index (χ0) is 26.7. The molecule has 6 heteroatoms. The van der Waals surface area contributed by atoms with Gasteiger partial charge in [-0.15, -0.1) is 22.7 Å². The van der Waals surface area contributed by atoms with Crippen molar-refractivity contribution < 1.29 is 8.85 Å². The van der Waals surface area contributed by atoms with Gasteiger partial charge in [-0.2, -0.15) is 0 Å². The monoisotopic (exact) mass is 572 g/mol. The molecule has 2 nitrogen and oxygen atoms in total. The third-order valence-electron chi connectivity index (χ3n) is 6.93. The highest BCUT2D eigenvalue weighted by molar-refractivity contribution is 7.31. The van der Waals surface area contributed by atoms with Crippen molar-refractivity contribution in [3.63, 3.8) is 0 Å². The fourth-order valence-electron chi connectivity index (χ4n) is 5.41. The second-order valence-electron chi connectivity index (χ2n) is 12.4. The summed E-state index contributed by atoms with van der Waals surface area (Å²) in [5, 5.41) is 0. The van der Waals surface area contributed by atoms with Crippen LogP contribution in [0.1, 0.15) is 47.3 Å². The average Bonchev–Trinajstić information content (AvgIpc) is 3.42. The molecule has 0 N–H and O–H groups in total. The fraction of sp³-hybridized carbons (Fsp3) is 0.312. The van der Waals surface area contributed by atoms with Gasteiger partial charge in [0.15, 0.2) is 16.6 Å². The molecule has 2 aromatic carbocycles. The van der Waals surface area contributed by atoms with E-state index in [4.69, 9.17) is 8.85 Å². The van der Waals surface area contributed by atoms with Crippen LogP contribution in [0.3, 0.4) is 0 Å². The Morgan fingerprint density at radius 1 is 0.605 bits per heavy atom. The van der Waals surface area contributed by atoms with Crippen LogP contribution in [0.15, 0.2) is 60.7 Å². The lowest BCUT2D eigenvalue weighted by Crippen LogP contribution is -2.28. The highest BCUT2D eigenvalue weighted by atomic mass is 32.1. The smallest absolute Gasteiger partial charge is 0.184 e. The van der Waals surface area contributed by atoms with Gasteiger partial charge >= 0.3 is 0 Å². The molecule has 0 saturated heterocycles. The molecular formula is C32H36O2S2Si2. The normalized spacial score (nSPS) is 19.1. The maximum Gasteiger partial charge on any atom is 0.184 e. The molecule has 2 unspecified atom stereocenters. The van der Waals surface area contributed by atoms with Crippen LogP contribution in [0.4, 0.5) is 0 Å². The molecule has 0 aliphatic heterocycles. The van der Waals surface area contributed by atoms with Crippen LogP contribution in [0.5, 0.6) is 0 Å². The molecule has 2 heterocycles.